The fourth-order valence-electron chi connectivity index (χ4n) is 2.29. The Hall–Kier alpha value is -3.68. The van der Waals surface area contributed by atoms with Gasteiger partial charge in [0.05, 0.1) is 5.56 Å². The average molecular weight is 366 g/mol. The first-order valence-corrected chi connectivity index (χ1v) is 8.20. The molecule has 0 fully saturated rings. The lowest BCUT2D eigenvalue weighted by Crippen LogP contribution is -2.28. The Balaban J connectivity index is 1.56. The summed E-state index contributed by atoms with van der Waals surface area (Å²) in [6, 6.07) is 13.7. The molecule has 0 aliphatic carbocycles. The molecule has 3 N–H and O–H groups in total. The minimum atomic E-state index is -0.608. The van der Waals surface area contributed by atoms with Crippen LogP contribution >= 0.6 is 0 Å². The van der Waals surface area contributed by atoms with Crippen LogP contribution in [0.1, 0.15) is 27.3 Å². The molecule has 1 aromatic heterocycles. The summed E-state index contributed by atoms with van der Waals surface area (Å²) in [6.07, 6.45) is 0. The minimum absolute atomic E-state index is 0.0980. The zero-order chi connectivity index (χ0) is 19.2. The van der Waals surface area contributed by atoms with Gasteiger partial charge in [0, 0.05) is 12.1 Å². The number of amides is 2. The van der Waals surface area contributed by atoms with Gasteiger partial charge in [0.1, 0.15) is 0 Å². The molecule has 27 heavy (non-hydrogen) atoms. The topological polar surface area (TPSA) is 120 Å². The number of ether oxygens (including phenoxy) is 1. The van der Waals surface area contributed by atoms with E-state index in [4.69, 9.17) is 15.0 Å². The Morgan fingerprint density at radius 3 is 2.48 bits per heavy atom. The number of urea groups is 1. The number of aromatic nitrogens is 2. The second-order valence-electron chi connectivity index (χ2n) is 5.87. The maximum Gasteiger partial charge on any atom is 0.338 e. The summed E-state index contributed by atoms with van der Waals surface area (Å²) in [7, 11) is 0. The van der Waals surface area contributed by atoms with Gasteiger partial charge in [-0.15, -0.1) is 0 Å². The van der Waals surface area contributed by atoms with Crippen molar-refractivity contribution in [1.29, 1.82) is 0 Å². The van der Waals surface area contributed by atoms with E-state index in [-0.39, 0.29) is 19.0 Å². The highest BCUT2D eigenvalue weighted by molar-refractivity contribution is 5.89. The molecule has 8 nitrogen and oxygen atoms in total. The van der Waals surface area contributed by atoms with E-state index in [1.165, 1.54) is 0 Å². The number of nitrogens with one attached hydrogen (secondary N) is 1. The highest BCUT2D eigenvalue weighted by atomic mass is 16.5. The Bertz CT molecular complexity index is 933. The summed E-state index contributed by atoms with van der Waals surface area (Å²) in [5.41, 5.74) is 8.13. The number of aryl methyl sites for hydroxylation is 1. The molecule has 0 aliphatic heterocycles. The number of hydrogen-bond donors (Lipinski definition) is 2. The number of esters is 1. The lowest BCUT2D eigenvalue weighted by molar-refractivity contribution is 0.0459. The molecule has 2 aromatic carbocycles. The van der Waals surface area contributed by atoms with Crippen LogP contribution in [0.15, 0.2) is 53.1 Å². The summed E-state index contributed by atoms with van der Waals surface area (Å²) in [5, 5.41) is 6.29. The van der Waals surface area contributed by atoms with Gasteiger partial charge in [-0.1, -0.05) is 35.0 Å². The number of hydrogen-bond acceptors (Lipinski definition) is 6. The standard InChI is InChI=1S/C19H18N4O4/c1-12-2-6-14(7-3-12)17-22-16(23-27-17)11-26-18(24)15-8-4-13(5-9-15)10-21-19(20)25/h2-9H,10-11H2,1H3,(H3,20,21,25). The summed E-state index contributed by atoms with van der Waals surface area (Å²) in [5.74, 6) is 0.139. The van der Waals surface area contributed by atoms with Crippen LogP contribution in [0.25, 0.3) is 11.5 Å². The van der Waals surface area contributed by atoms with Gasteiger partial charge in [0.15, 0.2) is 6.61 Å². The molecule has 0 radical (unpaired) electrons. The number of nitrogens with zero attached hydrogens (tertiary/aromatic N) is 2. The highest BCUT2D eigenvalue weighted by Gasteiger charge is 2.12. The van der Waals surface area contributed by atoms with Crippen molar-refractivity contribution in [2.24, 2.45) is 5.73 Å². The third kappa shape index (κ3) is 4.91. The van der Waals surface area contributed by atoms with Crippen LogP contribution in [0.5, 0.6) is 0 Å². The van der Waals surface area contributed by atoms with Gasteiger partial charge < -0.3 is 20.3 Å². The second-order valence-corrected chi connectivity index (χ2v) is 5.87. The molecule has 0 saturated carbocycles. The molecule has 3 rings (SSSR count). The molecule has 0 bridgehead atoms. The van der Waals surface area contributed by atoms with E-state index in [1.54, 1.807) is 24.3 Å². The van der Waals surface area contributed by atoms with Crippen LogP contribution in [0.4, 0.5) is 4.79 Å². The van der Waals surface area contributed by atoms with E-state index in [9.17, 15) is 9.59 Å². The Kier molecular flexibility index (Phi) is 5.46. The molecular weight excluding hydrogens is 348 g/mol. The quantitative estimate of drug-likeness (QED) is 0.647. The first-order chi connectivity index (χ1) is 13.0. The molecule has 0 aliphatic rings. The van der Waals surface area contributed by atoms with Gasteiger partial charge in [0.2, 0.25) is 5.82 Å². The van der Waals surface area contributed by atoms with E-state index >= 15 is 0 Å². The van der Waals surface area contributed by atoms with Gasteiger partial charge in [-0.25, -0.2) is 9.59 Å². The van der Waals surface area contributed by atoms with Crippen molar-refractivity contribution in [3.63, 3.8) is 0 Å². The van der Waals surface area contributed by atoms with E-state index in [1.807, 2.05) is 31.2 Å². The van der Waals surface area contributed by atoms with Crippen molar-refractivity contribution < 1.29 is 18.8 Å². The molecule has 1 heterocycles. The summed E-state index contributed by atoms with van der Waals surface area (Å²) < 4.78 is 10.4. The predicted octanol–water partition coefficient (Wildman–Crippen LogP) is 2.57. The van der Waals surface area contributed by atoms with E-state index in [0.29, 0.717) is 11.5 Å². The molecular formula is C19H18N4O4. The molecule has 3 aromatic rings. The maximum absolute atomic E-state index is 12.1. The van der Waals surface area contributed by atoms with Crippen molar-refractivity contribution in [3.8, 4) is 11.5 Å². The van der Waals surface area contributed by atoms with Gasteiger partial charge in [-0.2, -0.15) is 4.98 Å². The van der Waals surface area contributed by atoms with Crippen LogP contribution in [0.3, 0.4) is 0 Å². The number of carbonyl (C=O) groups excluding carboxylic acids is 2. The lowest BCUT2D eigenvalue weighted by atomic mass is 10.1. The van der Waals surface area contributed by atoms with Crippen molar-refractivity contribution in [2.45, 2.75) is 20.1 Å². The molecule has 0 atom stereocenters. The molecule has 2 amide bonds. The first kappa shape index (κ1) is 18.1. The third-order valence-electron chi connectivity index (χ3n) is 3.76. The number of nitrogens with two attached hydrogens (primary N) is 1. The first-order valence-electron chi connectivity index (χ1n) is 8.20. The fourth-order valence-corrected chi connectivity index (χ4v) is 2.29. The van der Waals surface area contributed by atoms with Crippen molar-refractivity contribution in [3.05, 3.63) is 71.0 Å². The Morgan fingerprint density at radius 1 is 1.11 bits per heavy atom. The number of primary amides is 1. The van der Waals surface area contributed by atoms with Crippen LogP contribution in [-0.2, 0) is 17.9 Å². The van der Waals surface area contributed by atoms with E-state index < -0.39 is 12.0 Å². The van der Waals surface area contributed by atoms with E-state index in [2.05, 4.69) is 15.5 Å². The predicted molar refractivity (Wildman–Crippen MR) is 96.5 cm³/mol. The molecule has 138 valence electrons. The normalized spacial score (nSPS) is 10.4. The monoisotopic (exact) mass is 366 g/mol. The largest absolute Gasteiger partial charge is 0.454 e. The smallest absolute Gasteiger partial charge is 0.338 e. The number of rotatable bonds is 6. The zero-order valence-electron chi connectivity index (χ0n) is 14.6. The summed E-state index contributed by atoms with van der Waals surface area (Å²) in [4.78, 5) is 27.0. The molecule has 0 unspecified atom stereocenters. The SMILES string of the molecule is Cc1ccc(-c2nc(COC(=O)c3ccc(CNC(N)=O)cc3)no2)cc1. The fraction of sp³-hybridized carbons (Fsp3) is 0.158. The number of carbonyl (C=O) groups is 2. The number of benzene rings is 2. The maximum atomic E-state index is 12.1. The third-order valence-corrected chi connectivity index (χ3v) is 3.76. The zero-order valence-corrected chi connectivity index (χ0v) is 14.6. The molecule has 8 heteroatoms. The summed E-state index contributed by atoms with van der Waals surface area (Å²) >= 11 is 0. The second kappa shape index (κ2) is 8.13. The van der Waals surface area contributed by atoms with Gasteiger partial charge in [0.25, 0.3) is 5.89 Å². The van der Waals surface area contributed by atoms with Crippen molar-refractivity contribution in [1.82, 2.24) is 15.5 Å². The van der Waals surface area contributed by atoms with Crippen LogP contribution in [0.2, 0.25) is 0 Å². The Labute approximate surface area is 155 Å². The highest BCUT2D eigenvalue weighted by Crippen LogP contribution is 2.18. The van der Waals surface area contributed by atoms with Crippen molar-refractivity contribution in [2.75, 3.05) is 0 Å². The van der Waals surface area contributed by atoms with Gasteiger partial charge >= 0.3 is 12.0 Å². The van der Waals surface area contributed by atoms with Gasteiger partial charge in [-0.3, -0.25) is 0 Å². The molecule has 0 saturated heterocycles. The van der Waals surface area contributed by atoms with Crippen LogP contribution in [-0.4, -0.2) is 22.1 Å². The minimum Gasteiger partial charge on any atom is -0.454 e. The van der Waals surface area contributed by atoms with Gasteiger partial charge in [-0.05, 0) is 36.8 Å². The Morgan fingerprint density at radius 2 is 1.81 bits per heavy atom. The summed E-state index contributed by atoms with van der Waals surface area (Å²) in [6.45, 7) is 2.18. The van der Waals surface area contributed by atoms with Crippen LogP contribution in [0, 0.1) is 6.92 Å². The van der Waals surface area contributed by atoms with Crippen molar-refractivity contribution >= 4 is 12.0 Å². The van der Waals surface area contributed by atoms with E-state index in [0.717, 1.165) is 16.7 Å². The lowest BCUT2D eigenvalue weighted by Gasteiger charge is -2.04. The average Bonchev–Trinajstić information content (AvgIpc) is 3.14. The van der Waals surface area contributed by atoms with Crippen LogP contribution < -0.4 is 11.1 Å². The molecule has 0 spiro atoms.